The highest BCUT2D eigenvalue weighted by Crippen LogP contribution is 2.31. The Bertz CT molecular complexity index is 1560. The summed E-state index contributed by atoms with van der Waals surface area (Å²) in [6.45, 7) is -1.94. The zero-order valence-electron chi connectivity index (χ0n) is 18.9. The first-order valence-corrected chi connectivity index (χ1v) is 9.93. The molecule has 0 radical (unpaired) electrons. The summed E-state index contributed by atoms with van der Waals surface area (Å²) in [4.78, 5) is 19.7. The molecule has 3 heterocycles. The molecular formula is C24H18F3N5O. The molecule has 0 atom stereocenters. The quantitative estimate of drug-likeness (QED) is 0.303. The lowest BCUT2D eigenvalue weighted by Crippen LogP contribution is -2.20. The summed E-state index contributed by atoms with van der Waals surface area (Å²) in [5, 5.41) is 6.25. The van der Waals surface area contributed by atoms with E-state index in [1.54, 1.807) is 55.0 Å². The third kappa shape index (κ3) is 4.12. The van der Waals surface area contributed by atoms with E-state index in [1.807, 2.05) is 0 Å². The monoisotopic (exact) mass is 451 g/mol. The minimum Gasteiger partial charge on any atom is -0.346 e. The van der Waals surface area contributed by atoms with Gasteiger partial charge in [-0.1, -0.05) is 12.1 Å². The predicted octanol–water partition coefficient (Wildman–Crippen LogP) is 6.23. The fourth-order valence-corrected chi connectivity index (χ4v) is 3.61. The number of alkyl halides is 3. The highest BCUT2D eigenvalue weighted by molar-refractivity contribution is 6.05. The molecular weight excluding hydrogens is 431 g/mol. The number of halogens is 3. The number of rotatable bonds is 4. The van der Waals surface area contributed by atoms with Crippen LogP contribution in [0.15, 0.2) is 79.3 Å². The van der Waals surface area contributed by atoms with Gasteiger partial charge in [-0.3, -0.25) is 0 Å². The van der Waals surface area contributed by atoms with Crippen LogP contribution in [0.2, 0.25) is 0 Å². The number of benzene rings is 2. The normalized spacial score (nSPS) is 13.1. The van der Waals surface area contributed by atoms with E-state index in [4.69, 9.17) is 2.74 Å². The van der Waals surface area contributed by atoms with Gasteiger partial charge in [-0.05, 0) is 54.1 Å². The zero-order valence-corrected chi connectivity index (χ0v) is 16.9. The number of aromatic amines is 1. The van der Waals surface area contributed by atoms with Gasteiger partial charge >= 0.3 is 12.2 Å². The average molecular weight is 451 g/mol. The largest absolute Gasteiger partial charge is 0.416 e. The number of aromatic nitrogens is 3. The minimum atomic E-state index is -4.53. The zero-order chi connectivity index (χ0) is 24.8. The van der Waals surface area contributed by atoms with E-state index in [-0.39, 0.29) is 5.69 Å². The van der Waals surface area contributed by atoms with Gasteiger partial charge in [0, 0.05) is 41.5 Å². The molecule has 5 aromatic rings. The first kappa shape index (κ1) is 18.3. The fraction of sp³-hybridized carbons (Fsp3) is 0.0833. The second-order valence-electron chi connectivity index (χ2n) is 7.30. The number of fused-ring (bicyclic) bond motifs is 2. The number of H-pyrrole nitrogens is 1. The van der Waals surface area contributed by atoms with Crippen LogP contribution in [0.25, 0.3) is 21.9 Å². The molecule has 0 bridgehead atoms. The molecule has 0 unspecified atom stereocenters. The van der Waals surface area contributed by atoms with Crippen LogP contribution < -0.4 is 10.6 Å². The Morgan fingerprint density at radius 3 is 2.76 bits per heavy atom. The summed E-state index contributed by atoms with van der Waals surface area (Å²) in [6, 6.07) is 13.8. The molecule has 0 saturated carbocycles. The van der Waals surface area contributed by atoms with Crippen LogP contribution in [0.3, 0.4) is 0 Å². The SMILES string of the molecule is [2H]C([2H])(c1c[nH]c2ncccc12)n1ccc2c(NC(=O)Nc3cccc(C(F)(F)F)c3)cccc21. The lowest BCUT2D eigenvalue weighted by molar-refractivity contribution is -0.137. The maximum absolute atomic E-state index is 12.9. The van der Waals surface area contributed by atoms with Gasteiger partial charge in [0.1, 0.15) is 5.65 Å². The molecule has 5 rings (SSSR count). The summed E-state index contributed by atoms with van der Waals surface area (Å²) in [5.74, 6) is 0. The van der Waals surface area contributed by atoms with Crippen LogP contribution in [0, 0.1) is 0 Å². The minimum absolute atomic E-state index is 0.00801. The van der Waals surface area contributed by atoms with Gasteiger partial charge in [0.25, 0.3) is 0 Å². The maximum atomic E-state index is 12.9. The number of anilines is 2. The van der Waals surface area contributed by atoms with Gasteiger partial charge in [-0.15, -0.1) is 0 Å². The second-order valence-corrected chi connectivity index (χ2v) is 7.30. The van der Waals surface area contributed by atoms with Crippen LogP contribution in [-0.4, -0.2) is 20.6 Å². The van der Waals surface area contributed by atoms with Crippen LogP contribution in [-0.2, 0) is 12.7 Å². The van der Waals surface area contributed by atoms with Gasteiger partial charge in [0.2, 0.25) is 0 Å². The number of pyridine rings is 1. The van der Waals surface area contributed by atoms with Crippen LogP contribution in [0.5, 0.6) is 0 Å². The Balaban J connectivity index is 1.44. The highest BCUT2D eigenvalue weighted by atomic mass is 19.4. The number of carbonyl (C=O) groups excluding carboxylic acids is 1. The lowest BCUT2D eigenvalue weighted by atomic mass is 10.2. The molecule has 3 N–H and O–H groups in total. The van der Waals surface area contributed by atoms with Crippen molar-refractivity contribution in [2.24, 2.45) is 0 Å². The van der Waals surface area contributed by atoms with Crippen molar-refractivity contribution in [1.29, 1.82) is 0 Å². The summed E-state index contributed by atoms with van der Waals surface area (Å²) < 4.78 is 57.9. The molecule has 0 fully saturated rings. The van der Waals surface area contributed by atoms with Crippen LogP contribution >= 0.6 is 0 Å². The Hall–Kier alpha value is -4.27. The molecule has 2 amide bonds. The summed E-state index contributed by atoms with van der Waals surface area (Å²) >= 11 is 0. The van der Waals surface area contributed by atoms with E-state index in [0.717, 1.165) is 12.1 Å². The van der Waals surface area contributed by atoms with Gasteiger partial charge in [0.05, 0.1) is 19.5 Å². The summed E-state index contributed by atoms with van der Waals surface area (Å²) in [7, 11) is 0. The molecule has 3 aromatic heterocycles. The second kappa shape index (κ2) is 8.01. The molecule has 0 aliphatic carbocycles. The third-order valence-electron chi connectivity index (χ3n) is 5.12. The highest BCUT2D eigenvalue weighted by Gasteiger charge is 2.30. The number of carbonyl (C=O) groups is 1. The van der Waals surface area contributed by atoms with Crippen molar-refractivity contribution < 1.29 is 20.7 Å². The maximum Gasteiger partial charge on any atom is 0.416 e. The first-order chi connectivity index (χ1) is 16.6. The number of urea groups is 1. The van der Waals surface area contributed by atoms with Crippen molar-refractivity contribution in [3.8, 4) is 0 Å². The Kier molecular flexibility index (Phi) is 4.45. The lowest BCUT2D eigenvalue weighted by Gasteiger charge is -2.12. The number of hydrogen-bond donors (Lipinski definition) is 3. The first-order valence-electron chi connectivity index (χ1n) is 10.9. The number of nitrogens with one attached hydrogen (secondary N) is 3. The van der Waals surface area contributed by atoms with Crippen molar-refractivity contribution >= 4 is 39.3 Å². The number of amides is 2. The van der Waals surface area contributed by atoms with Gasteiger partial charge in [-0.25, -0.2) is 9.78 Å². The van der Waals surface area contributed by atoms with E-state index < -0.39 is 24.3 Å². The smallest absolute Gasteiger partial charge is 0.346 e. The molecule has 0 aliphatic heterocycles. The van der Waals surface area contributed by atoms with Crippen LogP contribution in [0.4, 0.5) is 29.3 Å². The average Bonchev–Trinajstić information content (AvgIpc) is 3.44. The van der Waals surface area contributed by atoms with E-state index >= 15 is 0 Å². The Morgan fingerprint density at radius 1 is 1.06 bits per heavy atom. The standard InChI is InChI=1S/C24H18F3N5O/c25-24(26,27)16-4-1-5-17(12-16)30-23(33)31-20-7-2-8-21-19(20)9-11-32(21)14-15-13-29-22-18(15)6-3-10-28-22/h1-13H,14H2,(H,28,29)(H2,30,31,33)/i14D2. The molecule has 2 aromatic carbocycles. The Morgan fingerprint density at radius 2 is 1.91 bits per heavy atom. The van der Waals surface area contributed by atoms with E-state index in [0.29, 0.717) is 33.2 Å². The molecule has 9 heteroatoms. The number of nitrogens with zero attached hydrogens (tertiary/aromatic N) is 2. The molecule has 166 valence electrons. The number of hydrogen-bond acceptors (Lipinski definition) is 2. The topological polar surface area (TPSA) is 74.7 Å². The molecule has 0 saturated heterocycles. The van der Waals surface area contributed by atoms with Crippen molar-refractivity contribution in [3.05, 3.63) is 90.4 Å². The van der Waals surface area contributed by atoms with Crippen molar-refractivity contribution in [1.82, 2.24) is 14.5 Å². The van der Waals surface area contributed by atoms with E-state index in [2.05, 4.69) is 20.6 Å². The van der Waals surface area contributed by atoms with Crippen LogP contribution in [0.1, 0.15) is 13.9 Å². The van der Waals surface area contributed by atoms with Gasteiger partial charge in [0.15, 0.2) is 0 Å². The Labute approximate surface area is 188 Å². The predicted molar refractivity (Wildman–Crippen MR) is 121 cm³/mol. The van der Waals surface area contributed by atoms with Gasteiger partial charge < -0.3 is 20.2 Å². The molecule has 0 aliphatic rings. The third-order valence-corrected chi connectivity index (χ3v) is 5.12. The van der Waals surface area contributed by atoms with Gasteiger partial charge in [-0.2, -0.15) is 13.2 Å². The molecule has 33 heavy (non-hydrogen) atoms. The summed E-state index contributed by atoms with van der Waals surface area (Å²) in [5.41, 5.74) is 0.984. The van der Waals surface area contributed by atoms with E-state index in [1.165, 1.54) is 16.7 Å². The molecule has 6 nitrogen and oxygen atoms in total. The van der Waals surface area contributed by atoms with E-state index in [9.17, 15) is 18.0 Å². The van der Waals surface area contributed by atoms with Crippen molar-refractivity contribution in [2.45, 2.75) is 12.7 Å². The summed E-state index contributed by atoms with van der Waals surface area (Å²) in [6.07, 6.45) is 0.248. The fourth-order valence-electron chi connectivity index (χ4n) is 3.61. The van der Waals surface area contributed by atoms with Crippen molar-refractivity contribution in [3.63, 3.8) is 0 Å². The molecule has 0 spiro atoms. The van der Waals surface area contributed by atoms with Crippen molar-refractivity contribution in [2.75, 3.05) is 10.6 Å².